The van der Waals surface area contributed by atoms with E-state index in [0.717, 1.165) is 22.8 Å². The summed E-state index contributed by atoms with van der Waals surface area (Å²) < 4.78 is 5.35. The predicted molar refractivity (Wildman–Crippen MR) is 153 cm³/mol. The maximum absolute atomic E-state index is 5.80. The maximum atomic E-state index is 5.80. The first-order valence-corrected chi connectivity index (χ1v) is 11.3. The van der Waals surface area contributed by atoms with Gasteiger partial charge in [-0.2, -0.15) is 5.11 Å². The van der Waals surface area contributed by atoms with Gasteiger partial charge in [-0.05, 0) is 85.8 Å². The lowest BCUT2D eigenvalue weighted by molar-refractivity contribution is 0.340. The zero-order valence-corrected chi connectivity index (χ0v) is 21.8. The molecule has 1 heterocycles. The van der Waals surface area contributed by atoms with E-state index in [1.54, 1.807) is 24.4 Å². The fourth-order valence-corrected chi connectivity index (χ4v) is 2.89. The van der Waals surface area contributed by atoms with E-state index in [4.69, 9.17) is 16.2 Å². The van der Waals surface area contributed by atoms with E-state index >= 15 is 0 Å². The number of azo groups is 2. The topological polar surface area (TPSA) is 127 Å². The van der Waals surface area contributed by atoms with Crippen LogP contribution in [0.25, 0.3) is 0 Å². The van der Waals surface area contributed by atoms with Gasteiger partial charge in [-0.15, -0.1) is 27.7 Å². The van der Waals surface area contributed by atoms with Crippen LogP contribution in [0.15, 0.2) is 112 Å². The first-order valence-electron chi connectivity index (χ1n) is 11.3. The van der Waals surface area contributed by atoms with Crippen molar-refractivity contribution in [3.8, 4) is 5.75 Å². The van der Waals surface area contributed by atoms with Crippen LogP contribution in [-0.2, 0) is 0 Å². The van der Waals surface area contributed by atoms with Crippen LogP contribution in [-0.4, -0.2) is 25.7 Å². The third-order valence-corrected chi connectivity index (χ3v) is 4.76. The van der Waals surface area contributed by atoms with Crippen molar-refractivity contribution in [1.29, 1.82) is 0 Å². The van der Waals surface area contributed by atoms with Gasteiger partial charge in [-0.1, -0.05) is 6.07 Å². The number of nitrogens with two attached hydrogens (primary N) is 2. The third kappa shape index (κ3) is 9.58. The van der Waals surface area contributed by atoms with Crippen LogP contribution >= 0.6 is 12.4 Å². The summed E-state index contributed by atoms with van der Waals surface area (Å²) in [6, 6.07) is 25.9. The maximum Gasteiger partial charge on any atom is 0.174 e. The van der Waals surface area contributed by atoms with Gasteiger partial charge < -0.3 is 21.1 Å². The van der Waals surface area contributed by atoms with Crippen molar-refractivity contribution in [1.82, 2.24) is 4.98 Å². The van der Waals surface area contributed by atoms with Crippen molar-refractivity contribution in [2.45, 2.75) is 6.92 Å². The second kappa shape index (κ2) is 14.8. The van der Waals surface area contributed by atoms with Crippen LogP contribution in [0.1, 0.15) is 6.92 Å². The van der Waals surface area contributed by atoms with Crippen LogP contribution in [0.3, 0.4) is 0 Å². The number of hydrogen-bond acceptors (Lipinski definition) is 9. The van der Waals surface area contributed by atoms with Crippen molar-refractivity contribution >= 4 is 52.3 Å². The molecule has 0 saturated carbocycles. The minimum absolute atomic E-state index is 0. The Morgan fingerprint density at radius 1 is 0.784 bits per heavy atom. The summed E-state index contributed by atoms with van der Waals surface area (Å²) in [7, 11) is 4.01. The molecule has 0 aliphatic carbocycles. The number of benzene rings is 3. The van der Waals surface area contributed by atoms with Gasteiger partial charge in [0.05, 0.1) is 23.7 Å². The summed E-state index contributed by atoms with van der Waals surface area (Å²) in [5.74, 6) is 1.43. The lowest BCUT2D eigenvalue weighted by atomic mass is 10.2. The number of hydrogen-bond donors (Lipinski definition) is 2. The van der Waals surface area contributed by atoms with E-state index in [2.05, 4.69) is 25.4 Å². The first-order chi connectivity index (χ1) is 17.4. The molecular weight excluding hydrogens is 488 g/mol. The minimum atomic E-state index is 0. The van der Waals surface area contributed by atoms with Crippen LogP contribution in [0, 0.1) is 0 Å². The molecular formula is C27H31ClN8O. The average molecular weight is 519 g/mol. The number of anilines is 3. The summed E-state index contributed by atoms with van der Waals surface area (Å²) >= 11 is 0. The highest BCUT2D eigenvalue weighted by Crippen LogP contribution is 2.27. The molecule has 0 radical (unpaired) electrons. The van der Waals surface area contributed by atoms with Gasteiger partial charge in [-0.3, -0.25) is 0 Å². The Hall–Kier alpha value is -4.50. The number of nitrogen functional groups attached to an aromatic ring is 2. The van der Waals surface area contributed by atoms with Crippen molar-refractivity contribution in [3.05, 3.63) is 91.1 Å². The summed E-state index contributed by atoms with van der Waals surface area (Å²) in [6.07, 6.45) is 1.70. The molecule has 0 saturated heterocycles. The predicted octanol–water partition coefficient (Wildman–Crippen LogP) is 7.65. The Labute approximate surface area is 223 Å². The van der Waals surface area contributed by atoms with Gasteiger partial charge in [0.15, 0.2) is 5.82 Å². The highest BCUT2D eigenvalue weighted by Gasteiger charge is 1.98. The Bertz CT molecular complexity index is 1280. The minimum Gasteiger partial charge on any atom is -0.494 e. The van der Waals surface area contributed by atoms with E-state index in [9.17, 15) is 0 Å². The molecule has 0 aliphatic heterocycles. The molecule has 4 N–H and O–H groups in total. The van der Waals surface area contributed by atoms with E-state index in [0.29, 0.717) is 29.5 Å². The van der Waals surface area contributed by atoms with Gasteiger partial charge in [0.1, 0.15) is 11.4 Å². The number of nitrogens with zero attached hydrogens (tertiary/aromatic N) is 6. The Morgan fingerprint density at radius 3 is 2.00 bits per heavy atom. The van der Waals surface area contributed by atoms with Crippen LogP contribution in [0.4, 0.5) is 39.9 Å². The van der Waals surface area contributed by atoms with Crippen LogP contribution in [0.5, 0.6) is 5.75 Å². The molecule has 37 heavy (non-hydrogen) atoms. The SMILES string of the molecule is CCOc1ccc(N=Nc2ccc(N)cc2N)cc1.CN(C)c1ccc(N=Nc2ccccn2)cc1.Cl. The molecule has 9 nitrogen and oxygen atoms in total. The molecule has 0 fully saturated rings. The number of ether oxygens (including phenoxy) is 1. The molecule has 0 aliphatic rings. The highest BCUT2D eigenvalue weighted by molar-refractivity contribution is 5.85. The Morgan fingerprint density at radius 2 is 1.43 bits per heavy atom. The second-order valence-electron chi connectivity index (χ2n) is 7.74. The van der Waals surface area contributed by atoms with Gasteiger partial charge in [0.2, 0.25) is 0 Å². The lowest BCUT2D eigenvalue weighted by Gasteiger charge is -2.11. The molecule has 0 spiro atoms. The Balaban J connectivity index is 0.000000255. The third-order valence-electron chi connectivity index (χ3n) is 4.76. The molecule has 0 atom stereocenters. The summed E-state index contributed by atoms with van der Waals surface area (Å²) in [5, 5.41) is 16.4. The van der Waals surface area contributed by atoms with E-state index in [-0.39, 0.29) is 12.4 Å². The van der Waals surface area contributed by atoms with E-state index in [1.165, 1.54) is 0 Å². The average Bonchev–Trinajstić information content (AvgIpc) is 2.89. The fourth-order valence-electron chi connectivity index (χ4n) is 2.89. The molecule has 0 unspecified atom stereocenters. The molecule has 1 aromatic heterocycles. The van der Waals surface area contributed by atoms with Gasteiger partial charge in [-0.25, -0.2) is 4.98 Å². The van der Waals surface area contributed by atoms with Crippen molar-refractivity contribution < 1.29 is 4.74 Å². The standard InChI is InChI=1S/C14H16N4O.C13H14N4.ClH/c1-2-19-12-6-4-11(5-7-12)17-18-14-8-3-10(15)9-13(14)16;1-17(2)12-8-6-11(7-9-12)15-16-13-5-3-4-10-14-13;/h3-9H,2,15-16H2,1H3;3-10H,1-2H3;1H. The highest BCUT2D eigenvalue weighted by atomic mass is 35.5. The monoisotopic (exact) mass is 518 g/mol. The zero-order valence-electron chi connectivity index (χ0n) is 21.0. The van der Waals surface area contributed by atoms with Crippen LogP contribution in [0.2, 0.25) is 0 Å². The lowest BCUT2D eigenvalue weighted by Crippen LogP contribution is -2.07. The van der Waals surface area contributed by atoms with Gasteiger partial charge in [0, 0.05) is 31.7 Å². The van der Waals surface area contributed by atoms with Crippen LogP contribution < -0.4 is 21.1 Å². The zero-order chi connectivity index (χ0) is 25.8. The molecule has 10 heteroatoms. The normalized spacial score (nSPS) is 10.5. The number of rotatable bonds is 7. The first kappa shape index (κ1) is 28.7. The molecule has 0 amide bonds. The fraction of sp³-hybridized carbons (Fsp3) is 0.148. The second-order valence-corrected chi connectivity index (χ2v) is 7.74. The van der Waals surface area contributed by atoms with E-state index in [1.807, 2.05) is 92.6 Å². The quantitative estimate of drug-likeness (QED) is 0.192. The van der Waals surface area contributed by atoms with E-state index < -0.39 is 0 Å². The molecule has 4 rings (SSSR count). The smallest absolute Gasteiger partial charge is 0.174 e. The van der Waals surface area contributed by atoms with Crippen molar-refractivity contribution in [3.63, 3.8) is 0 Å². The number of halogens is 1. The largest absolute Gasteiger partial charge is 0.494 e. The number of aromatic nitrogens is 1. The van der Waals surface area contributed by atoms with Gasteiger partial charge in [0.25, 0.3) is 0 Å². The molecule has 0 bridgehead atoms. The summed E-state index contributed by atoms with van der Waals surface area (Å²) in [4.78, 5) is 6.11. The van der Waals surface area contributed by atoms with Crippen molar-refractivity contribution in [2.24, 2.45) is 20.5 Å². The molecule has 3 aromatic carbocycles. The molecule has 192 valence electrons. The summed E-state index contributed by atoms with van der Waals surface area (Å²) in [6.45, 7) is 2.58. The van der Waals surface area contributed by atoms with Gasteiger partial charge >= 0.3 is 0 Å². The molecule has 4 aromatic rings. The summed E-state index contributed by atoms with van der Waals surface area (Å²) in [5.41, 5.74) is 15.8. The number of pyridine rings is 1. The van der Waals surface area contributed by atoms with Crippen molar-refractivity contribution in [2.75, 3.05) is 37.1 Å². The Kier molecular flexibility index (Phi) is 11.5.